The predicted octanol–water partition coefficient (Wildman–Crippen LogP) is 15.2. The van der Waals surface area contributed by atoms with Crippen molar-refractivity contribution in [3.8, 4) is 45.0 Å². The fraction of sp³-hybridized carbons (Fsp3) is 0.508. The van der Waals surface area contributed by atoms with Gasteiger partial charge in [0, 0.05) is 44.8 Å². The van der Waals surface area contributed by atoms with E-state index in [-0.39, 0.29) is 27.6 Å². The van der Waals surface area contributed by atoms with Crippen molar-refractivity contribution in [3.63, 3.8) is 0 Å². The van der Waals surface area contributed by atoms with E-state index >= 15 is 0 Å². The zero-order valence-corrected chi connectivity index (χ0v) is 38.3. The van der Waals surface area contributed by atoms with Gasteiger partial charge in [-0.1, -0.05) is 114 Å². The van der Waals surface area contributed by atoms with Crippen LogP contribution in [0.2, 0.25) is 0 Å². The van der Waals surface area contributed by atoms with Crippen LogP contribution in [0.15, 0.2) is 97.1 Å². The van der Waals surface area contributed by atoms with Gasteiger partial charge in [-0.2, -0.15) is 0 Å². The lowest BCUT2D eigenvalue weighted by atomic mass is 9.42. The summed E-state index contributed by atoms with van der Waals surface area (Å²) >= 11 is 0. The topological polar surface area (TPSA) is 53.4 Å². The molecular formula is C59H69NO2. The van der Waals surface area contributed by atoms with Crippen molar-refractivity contribution >= 4 is 0 Å². The minimum absolute atomic E-state index is 0.0179. The van der Waals surface area contributed by atoms with E-state index in [1.54, 1.807) is 0 Å². The zero-order valence-electron chi connectivity index (χ0n) is 38.3. The Kier molecular flexibility index (Phi) is 9.50. The third-order valence-electron chi connectivity index (χ3n) is 18.7. The van der Waals surface area contributed by atoms with Gasteiger partial charge in [-0.3, -0.25) is 4.98 Å². The van der Waals surface area contributed by atoms with Gasteiger partial charge in [0.15, 0.2) is 0 Å². The van der Waals surface area contributed by atoms with E-state index in [1.165, 1.54) is 80.2 Å². The number of hydrogen-bond acceptors (Lipinski definition) is 3. The van der Waals surface area contributed by atoms with E-state index in [2.05, 4.69) is 139 Å². The molecule has 8 aliphatic carbocycles. The molecule has 1 heterocycles. The maximum Gasteiger partial charge on any atom is 0.127 e. The van der Waals surface area contributed by atoms with Gasteiger partial charge in [0.2, 0.25) is 0 Å². The molecule has 3 atom stereocenters. The lowest BCUT2D eigenvalue weighted by Crippen LogP contribution is -2.54. The molecule has 13 rings (SSSR count). The molecule has 3 unspecified atom stereocenters. The van der Waals surface area contributed by atoms with Gasteiger partial charge in [-0.25, -0.2) is 0 Å². The van der Waals surface area contributed by atoms with E-state index in [1.807, 2.05) is 0 Å². The second-order valence-electron chi connectivity index (χ2n) is 23.1. The SMILES string of the molecule is CCC(C)(C)c1cc(-c2ccccc2-c2cccc(C3C4CC5CC(C4)CC3(c3cc(C(C)(C)CC)cc(-c4ccccc4)c3O)C5)n2)c(O)c(C23CC4CC(CC(C4)C2)C3)c1. The van der Waals surface area contributed by atoms with Crippen LogP contribution in [0.1, 0.15) is 159 Å². The number of rotatable bonds is 10. The molecule has 8 bridgehead atoms. The number of nitrogens with zero attached hydrogens (tertiary/aromatic N) is 1. The van der Waals surface area contributed by atoms with Crippen LogP contribution in [0.4, 0.5) is 0 Å². The molecule has 3 nitrogen and oxygen atoms in total. The van der Waals surface area contributed by atoms with E-state index in [0.29, 0.717) is 29.3 Å². The van der Waals surface area contributed by atoms with Gasteiger partial charge in [-0.15, -0.1) is 0 Å². The fourth-order valence-corrected chi connectivity index (χ4v) is 15.4. The molecule has 5 aromatic rings. The Morgan fingerprint density at radius 2 is 1.05 bits per heavy atom. The van der Waals surface area contributed by atoms with Crippen molar-refractivity contribution in [3.05, 3.63) is 125 Å². The van der Waals surface area contributed by atoms with E-state index in [9.17, 15) is 10.2 Å². The summed E-state index contributed by atoms with van der Waals surface area (Å²) in [5.74, 6) is 5.47. The van der Waals surface area contributed by atoms with E-state index in [4.69, 9.17) is 4.98 Å². The lowest BCUT2D eigenvalue weighted by Gasteiger charge is -2.61. The summed E-state index contributed by atoms with van der Waals surface area (Å²) in [6.45, 7) is 14.1. The molecule has 62 heavy (non-hydrogen) atoms. The zero-order chi connectivity index (χ0) is 42.8. The smallest absolute Gasteiger partial charge is 0.127 e. The number of pyridine rings is 1. The number of benzene rings is 4. The second-order valence-corrected chi connectivity index (χ2v) is 23.1. The van der Waals surface area contributed by atoms with Crippen molar-refractivity contribution in [2.24, 2.45) is 35.5 Å². The molecule has 0 radical (unpaired) electrons. The molecular weight excluding hydrogens is 755 g/mol. The first-order valence-corrected chi connectivity index (χ1v) is 24.7. The molecule has 0 aliphatic heterocycles. The number of aromatic hydroxyl groups is 2. The Hall–Kier alpha value is -4.37. The molecule has 1 aromatic heterocycles. The van der Waals surface area contributed by atoms with Gasteiger partial charge in [0.05, 0.1) is 5.69 Å². The van der Waals surface area contributed by atoms with Gasteiger partial charge in [-0.05, 0) is 182 Å². The summed E-state index contributed by atoms with van der Waals surface area (Å²) < 4.78 is 0. The summed E-state index contributed by atoms with van der Waals surface area (Å²) in [5.41, 5.74) is 12.2. The summed E-state index contributed by atoms with van der Waals surface area (Å²) in [6.07, 6.45) is 15.9. The van der Waals surface area contributed by atoms with Crippen molar-refractivity contribution in [2.45, 2.75) is 153 Å². The molecule has 8 saturated carbocycles. The van der Waals surface area contributed by atoms with Crippen molar-refractivity contribution in [2.75, 3.05) is 0 Å². The van der Waals surface area contributed by atoms with Gasteiger partial charge < -0.3 is 10.2 Å². The standard InChI is InChI=1S/C59H69NO2/c1-7-56(3,4)43-27-47(41-15-10-9-11-16-41)54(61)50(30-43)59-34-39-24-40(35-59)26-42(25-39)53(59)52-20-14-19-51(60-52)46-18-13-12-17-45(46)48-28-44(57(5,6)8-2)29-49(55(48)62)58-31-36-21-37(32-58)23-38(22-36)33-58/h9-20,27-30,36-40,42,53,61-62H,7-8,21-26,31-35H2,1-6H3. The molecule has 4 aromatic carbocycles. The Labute approximate surface area is 371 Å². The quantitative estimate of drug-likeness (QED) is 0.147. The fourth-order valence-electron chi connectivity index (χ4n) is 15.4. The average molecular weight is 824 g/mol. The minimum Gasteiger partial charge on any atom is -0.507 e. The largest absolute Gasteiger partial charge is 0.507 e. The second kappa shape index (κ2) is 14.6. The molecule has 8 fully saturated rings. The molecule has 8 aliphatic rings. The molecule has 2 N–H and O–H groups in total. The Morgan fingerprint density at radius 1 is 0.532 bits per heavy atom. The van der Waals surface area contributed by atoms with Gasteiger partial charge >= 0.3 is 0 Å². The summed E-state index contributed by atoms with van der Waals surface area (Å²) in [5, 5.41) is 25.5. The van der Waals surface area contributed by atoms with Crippen molar-refractivity contribution < 1.29 is 10.2 Å². The molecule has 0 amide bonds. The highest BCUT2D eigenvalue weighted by molar-refractivity contribution is 5.86. The Bertz CT molecular complexity index is 2480. The van der Waals surface area contributed by atoms with Crippen LogP contribution in [0, 0.1) is 35.5 Å². The number of aromatic nitrogens is 1. The first kappa shape index (κ1) is 40.4. The highest BCUT2D eigenvalue weighted by Gasteiger charge is 2.60. The van der Waals surface area contributed by atoms with Crippen LogP contribution in [0.5, 0.6) is 11.5 Å². The van der Waals surface area contributed by atoms with Gasteiger partial charge in [0.1, 0.15) is 11.5 Å². The molecule has 0 saturated heterocycles. The van der Waals surface area contributed by atoms with Crippen molar-refractivity contribution in [1.82, 2.24) is 4.98 Å². The molecule has 3 heteroatoms. The van der Waals surface area contributed by atoms with Crippen LogP contribution in [0.3, 0.4) is 0 Å². The highest BCUT2D eigenvalue weighted by atomic mass is 16.3. The number of phenolic OH excluding ortho intramolecular Hbond substituents is 2. The predicted molar refractivity (Wildman–Crippen MR) is 255 cm³/mol. The summed E-state index contributed by atoms with van der Waals surface area (Å²) in [6, 6.07) is 35.6. The molecule has 322 valence electrons. The summed E-state index contributed by atoms with van der Waals surface area (Å²) in [7, 11) is 0. The summed E-state index contributed by atoms with van der Waals surface area (Å²) in [4.78, 5) is 5.77. The third-order valence-corrected chi connectivity index (χ3v) is 18.7. The lowest BCUT2D eigenvalue weighted by molar-refractivity contribution is -0.0302. The monoisotopic (exact) mass is 824 g/mol. The molecule has 0 spiro atoms. The van der Waals surface area contributed by atoms with Crippen LogP contribution in [-0.4, -0.2) is 15.2 Å². The van der Waals surface area contributed by atoms with Crippen LogP contribution in [0.25, 0.3) is 33.5 Å². The third kappa shape index (κ3) is 6.36. The van der Waals surface area contributed by atoms with Crippen LogP contribution >= 0.6 is 0 Å². The van der Waals surface area contributed by atoms with Gasteiger partial charge in [0.25, 0.3) is 0 Å². The van der Waals surface area contributed by atoms with E-state index < -0.39 is 0 Å². The highest BCUT2D eigenvalue weighted by Crippen LogP contribution is 2.68. The van der Waals surface area contributed by atoms with E-state index in [0.717, 1.165) is 82.5 Å². The normalized spacial score (nSPS) is 30.9. The maximum atomic E-state index is 12.8. The first-order chi connectivity index (χ1) is 29.8. The van der Waals surface area contributed by atoms with Crippen molar-refractivity contribution in [1.29, 1.82) is 0 Å². The maximum absolute atomic E-state index is 12.8. The Morgan fingerprint density at radius 3 is 1.65 bits per heavy atom. The Balaban J connectivity index is 1.06. The average Bonchev–Trinajstić information content (AvgIpc) is 3.26. The minimum atomic E-state index is -0.196. The first-order valence-electron chi connectivity index (χ1n) is 24.7. The van der Waals surface area contributed by atoms with Crippen LogP contribution in [-0.2, 0) is 21.7 Å². The van der Waals surface area contributed by atoms with Crippen LogP contribution < -0.4 is 0 Å². The number of hydrogen-bond donors (Lipinski definition) is 2. The number of phenols is 2.